The number of ether oxygens (including phenoxy) is 1. The fourth-order valence-electron chi connectivity index (χ4n) is 0.173. The molecule has 0 radical (unpaired) electrons. The molecule has 0 saturated heterocycles. The molecule has 0 aromatic heterocycles. The van der Waals surface area contributed by atoms with Crippen molar-refractivity contribution in [2.75, 3.05) is 13.7 Å². The van der Waals surface area contributed by atoms with Gasteiger partial charge in [0, 0.05) is 7.11 Å². The third-order valence-corrected chi connectivity index (χ3v) is 0.634. The van der Waals surface area contributed by atoms with E-state index in [4.69, 9.17) is 5.11 Å². The van der Waals surface area contributed by atoms with E-state index in [1.807, 2.05) is 0 Å². The molecule has 0 spiro atoms. The van der Waals surface area contributed by atoms with E-state index < -0.39 is 6.10 Å². The minimum Gasteiger partial charge on any atom is -0.393 e. The van der Waals surface area contributed by atoms with E-state index in [1.54, 1.807) is 0 Å². The molecule has 3 heteroatoms. The first-order valence-electron chi connectivity index (χ1n) is 1.94. The molecule has 42 valence electrons. The Kier molecular flexibility index (Phi) is 3.55. The summed E-state index contributed by atoms with van der Waals surface area (Å²) in [6, 6.07) is 0. The normalized spacial score (nSPS) is 13.4. The molecule has 0 aliphatic heterocycles. The van der Waals surface area contributed by atoms with Gasteiger partial charge < -0.3 is 14.6 Å². The average Bonchev–Trinajstić information content (AvgIpc) is 1.72. The number of hydrogen-bond acceptors (Lipinski definition) is 3. The van der Waals surface area contributed by atoms with Crippen LogP contribution in [0, 0.1) is 0 Å². The number of aldehydes is 1. The summed E-state index contributed by atoms with van der Waals surface area (Å²) in [5.74, 6) is 0. The smallest absolute Gasteiger partial charge is 0.151 e. The highest BCUT2D eigenvalue weighted by atomic mass is 16.5. The lowest BCUT2D eigenvalue weighted by Gasteiger charge is -1.99. The summed E-state index contributed by atoms with van der Waals surface area (Å²) in [6.45, 7) is -0.236. The maximum atomic E-state index is 9.68. The predicted octanol–water partition coefficient (Wildman–Crippen LogP) is -0.807. The lowest BCUT2D eigenvalue weighted by Crippen LogP contribution is -2.16. The van der Waals surface area contributed by atoms with Crippen LogP contribution in [0.5, 0.6) is 0 Å². The van der Waals surface area contributed by atoms with Crippen LogP contribution in [0.1, 0.15) is 0 Å². The molecular weight excluding hydrogens is 96.0 g/mol. The number of methoxy groups -OCH3 is 1. The summed E-state index contributed by atoms with van der Waals surface area (Å²) in [5.41, 5.74) is 0. The molecule has 0 aliphatic carbocycles. The zero-order valence-electron chi connectivity index (χ0n) is 4.13. The molecule has 0 rings (SSSR count). The molecule has 3 nitrogen and oxygen atoms in total. The summed E-state index contributed by atoms with van der Waals surface area (Å²) >= 11 is 0. The van der Waals surface area contributed by atoms with Gasteiger partial charge in [0.05, 0.1) is 6.61 Å². The molecule has 1 atom stereocenters. The first kappa shape index (κ1) is 6.59. The number of carbonyl (C=O) groups is 1. The second kappa shape index (κ2) is 3.77. The molecule has 0 heterocycles. The van der Waals surface area contributed by atoms with Gasteiger partial charge in [-0.15, -0.1) is 0 Å². The van der Waals surface area contributed by atoms with E-state index in [0.29, 0.717) is 6.29 Å². The highest BCUT2D eigenvalue weighted by Crippen LogP contribution is 1.78. The zero-order chi connectivity index (χ0) is 5.70. The molecule has 0 aliphatic rings. The molecule has 0 aromatic rings. The van der Waals surface area contributed by atoms with E-state index in [2.05, 4.69) is 4.74 Å². The predicted molar refractivity (Wildman–Crippen MR) is 23.9 cm³/mol. The summed E-state index contributed by atoms with van der Waals surface area (Å²) in [6.07, 6.45) is -0.0833. The Morgan fingerprint density at radius 3 is 2.57 bits per heavy atom. The molecule has 0 bridgehead atoms. The molecule has 7 heavy (non-hydrogen) atoms. The second-order valence-electron chi connectivity index (χ2n) is 1.09. The van der Waals surface area contributed by atoms with Crippen molar-refractivity contribution < 1.29 is 14.6 Å². The Bertz CT molecular complexity index is 48.9. The minimum absolute atomic E-state index is 0.236. The Labute approximate surface area is 41.9 Å². The number of aliphatic hydroxyl groups excluding tert-OH is 1. The van der Waals surface area contributed by atoms with Crippen LogP contribution in [0.2, 0.25) is 0 Å². The summed E-state index contributed by atoms with van der Waals surface area (Å²) < 4.78 is 4.43. The number of aliphatic hydroxyl groups is 1. The van der Waals surface area contributed by atoms with Crippen molar-refractivity contribution in [1.82, 2.24) is 0 Å². The Morgan fingerprint density at radius 1 is 2.00 bits per heavy atom. The van der Waals surface area contributed by atoms with Crippen LogP contribution in [-0.4, -0.2) is 31.2 Å². The molecule has 0 unspecified atom stereocenters. The van der Waals surface area contributed by atoms with Crippen LogP contribution in [0.15, 0.2) is 0 Å². The van der Waals surface area contributed by atoms with Crippen molar-refractivity contribution in [1.29, 1.82) is 0 Å². The fourth-order valence-corrected chi connectivity index (χ4v) is 0.173. The maximum absolute atomic E-state index is 9.68. The molecule has 0 amide bonds. The maximum Gasteiger partial charge on any atom is 0.151 e. The van der Waals surface area contributed by atoms with Gasteiger partial charge in [-0.25, -0.2) is 0 Å². The van der Waals surface area contributed by atoms with E-state index in [-0.39, 0.29) is 6.61 Å². The summed E-state index contributed by atoms with van der Waals surface area (Å²) in [4.78, 5) is 9.68. The topological polar surface area (TPSA) is 46.5 Å². The van der Waals surface area contributed by atoms with Crippen LogP contribution < -0.4 is 0 Å². The quantitative estimate of drug-likeness (QED) is 0.476. The Morgan fingerprint density at radius 2 is 2.57 bits per heavy atom. The van der Waals surface area contributed by atoms with E-state index in [0.717, 1.165) is 0 Å². The van der Waals surface area contributed by atoms with Crippen LogP contribution in [0.25, 0.3) is 0 Å². The van der Waals surface area contributed by atoms with Gasteiger partial charge in [-0.05, 0) is 0 Å². The first-order chi connectivity index (χ1) is 3.35. The van der Waals surface area contributed by atoms with Crippen LogP contribution in [0.4, 0.5) is 0 Å². The third-order valence-electron chi connectivity index (χ3n) is 0.634. The van der Waals surface area contributed by atoms with Crippen molar-refractivity contribution in [3.63, 3.8) is 0 Å². The van der Waals surface area contributed by atoms with Crippen molar-refractivity contribution in [2.45, 2.75) is 6.10 Å². The van der Waals surface area contributed by atoms with Gasteiger partial charge in [-0.1, -0.05) is 0 Å². The average molecular weight is 104 g/mol. The second-order valence-corrected chi connectivity index (χ2v) is 1.09. The van der Waals surface area contributed by atoms with Crippen LogP contribution in [-0.2, 0) is 9.53 Å². The fraction of sp³-hybridized carbons (Fsp3) is 0.750. The SMILES string of the molecule is CO[C@H](C=O)CO. The zero-order valence-corrected chi connectivity index (χ0v) is 4.13. The Hall–Kier alpha value is -0.410. The van der Waals surface area contributed by atoms with E-state index >= 15 is 0 Å². The lowest BCUT2D eigenvalue weighted by molar-refractivity contribution is -0.118. The van der Waals surface area contributed by atoms with Gasteiger partial charge in [0.15, 0.2) is 6.29 Å². The summed E-state index contributed by atoms with van der Waals surface area (Å²) in [7, 11) is 1.37. The van der Waals surface area contributed by atoms with Gasteiger partial charge in [0.25, 0.3) is 0 Å². The molecule has 1 N–H and O–H groups in total. The van der Waals surface area contributed by atoms with Crippen molar-refractivity contribution >= 4 is 6.29 Å². The van der Waals surface area contributed by atoms with Gasteiger partial charge >= 0.3 is 0 Å². The molecular formula is C4H8O3. The van der Waals surface area contributed by atoms with Crippen LogP contribution >= 0.6 is 0 Å². The van der Waals surface area contributed by atoms with Gasteiger partial charge in [-0.3, -0.25) is 0 Å². The number of carbonyl (C=O) groups excluding carboxylic acids is 1. The molecule has 0 saturated carbocycles. The lowest BCUT2D eigenvalue weighted by atomic mass is 10.4. The molecule has 0 aromatic carbocycles. The first-order valence-corrected chi connectivity index (χ1v) is 1.94. The standard InChI is InChI=1S/C4H8O3/c1-7-4(2-5)3-6/h2,4,6H,3H2,1H3/t4-/m1/s1. The van der Waals surface area contributed by atoms with Gasteiger partial charge in [0.1, 0.15) is 6.10 Å². The number of hydrogen-bond donors (Lipinski definition) is 1. The monoisotopic (exact) mass is 104 g/mol. The highest BCUT2D eigenvalue weighted by Gasteiger charge is 1.98. The van der Waals surface area contributed by atoms with E-state index in [1.165, 1.54) is 7.11 Å². The van der Waals surface area contributed by atoms with Crippen molar-refractivity contribution in [2.24, 2.45) is 0 Å². The van der Waals surface area contributed by atoms with Crippen LogP contribution in [0.3, 0.4) is 0 Å². The summed E-state index contributed by atoms with van der Waals surface area (Å²) in [5, 5.41) is 8.17. The third kappa shape index (κ3) is 2.31. The van der Waals surface area contributed by atoms with Gasteiger partial charge in [-0.2, -0.15) is 0 Å². The molecule has 0 fully saturated rings. The van der Waals surface area contributed by atoms with Gasteiger partial charge in [0.2, 0.25) is 0 Å². The highest BCUT2D eigenvalue weighted by molar-refractivity contribution is 5.55. The van der Waals surface area contributed by atoms with E-state index in [9.17, 15) is 4.79 Å². The largest absolute Gasteiger partial charge is 0.393 e. The number of rotatable bonds is 3. The minimum atomic E-state index is -0.639. The van der Waals surface area contributed by atoms with Crippen molar-refractivity contribution in [3.8, 4) is 0 Å². The Balaban J connectivity index is 3.16. The van der Waals surface area contributed by atoms with Crippen molar-refractivity contribution in [3.05, 3.63) is 0 Å².